The molecule has 6 heteroatoms. The molecular formula is C12H8ClNaO3S. The summed E-state index contributed by atoms with van der Waals surface area (Å²) in [5.74, 6) is 1.21. The van der Waals surface area contributed by atoms with E-state index in [1.807, 2.05) is 0 Å². The van der Waals surface area contributed by atoms with Crippen LogP contribution in [-0.2, 0) is 11.1 Å². The van der Waals surface area contributed by atoms with Gasteiger partial charge in [-0.05, 0) is 59.6 Å². The van der Waals surface area contributed by atoms with Gasteiger partial charge in [-0.2, -0.15) is 0 Å². The summed E-state index contributed by atoms with van der Waals surface area (Å²) in [6.07, 6.45) is 0. The molecule has 0 aliphatic rings. The molecule has 0 bridgehead atoms. The van der Waals surface area contributed by atoms with Crippen LogP contribution in [0.5, 0.6) is 11.5 Å². The third-order valence-electron chi connectivity index (χ3n) is 2.07. The second-order valence-electron chi connectivity index (χ2n) is 3.26. The Morgan fingerprint density at radius 2 is 1.39 bits per heavy atom. The average molecular weight is 291 g/mol. The second kappa shape index (κ2) is 7.28. The molecule has 2 aromatic carbocycles. The van der Waals surface area contributed by atoms with E-state index in [4.69, 9.17) is 16.3 Å². The zero-order chi connectivity index (χ0) is 12.3. The van der Waals surface area contributed by atoms with Gasteiger partial charge in [-0.3, -0.25) is 4.21 Å². The Kier molecular flexibility index (Phi) is 6.35. The fraction of sp³-hybridized carbons (Fsp3) is 0. The third-order valence-corrected chi connectivity index (χ3v) is 2.97. The Morgan fingerprint density at radius 1 is 0.944 bits per heavy atom. The van der Waals surface area contributed by atoms with Crippen LogP contribution in [0.4, 0.5) is 0 Å². The quantitative estimate of drug-likeness (QED) is 0.606. The van der Waals surface area contributed by atoms with Gasteiger partial charge < -0.3 is 9.29 Å². The standard InChI is InChI=1S/C12H9ClO3S.Na/c13-9-1-3-10(4-2-9)16-11-5-7-12(8-6-11)17(14)15;/h1-8H,(H,14,15);/q;+1/p-1. The molecule has 0 aliphatic heterocycles. The number of rotatable bonds is 3. The fourth-order valence-electron chi connectivity index (χ4n) is 1.26. The maximum atomic E-state index is 10.7. The van der Waals surface area contributed by atoms with Crippen LogP contribution in [0, 0.1) is 0 Å². The average Bonchev–Trinajstić information content (AvgIpc) is 2.33. The van der Waals surface area contributed by atoms with Crippen LogP contribution in [0.1, 0.15) is 0 Å². The number of halogens is 1. The molecule has 2 aromatic rings. The van der Waals surface area contributed by atoms with Crippen LogP contribution in [0.2, 0.25) is 5.02 Å². The van der Waals surface area contributed by atoms with Gasteiger partial charge >= 0.3 is 29.6 Å². The van der Waals surface area contributed by atoms with Crippen LogP contribution in [0.3, 0.4) is 0 Å². The van der Waals surface area contributed by atoms with Crippen molar-refractivity contribution in [2.45, 2.75) is 4.90 Å². The van der Waals surface area contributed by atoms with Crippen molar-refractivity contribution in [3.8, 4) is 11.5 Å². The van der Waals surface area contributed by atoms with Gasteiger partial charge in [-0.1, -0.05) is 11.6 Å². The minimum absolute atomic E-state index is 0. The van der Waals surface area contributed by atoms with Crippen LogP contribution < -0.4 is 34.3 Å². The fourth-order valence-corrected chi connectivity index (χ4v) is 1.74. The zero-order valence-electron chi connectivity index (χ0n) is 9.63. The Labute approximate surface area is 135 Å². The SMILES string of the molecule is O=S([O-])c1ccc(Oc2ccc(Cl)cc2)cc1.[Na+]. The molecule has 0 amide bonds. The van der Waals surface area contributed by atoms with E-state index in [0.29, 0.717) is 16.5 Å². The minimum Gasteiger partial charge on any atom is -0.768 e. The van der Waals surface area contributed by atoms with Crippen molar-refractivity contribution in [2.24, 2.45) is 0 Å². The number of hydrogen-bond donors (Lipinski definition) is 0. The summed E-state index contributed by atoms with van der Waals surface area (Å²) in [5.41, 5.74) is 0. The van der Waals surface area contributed by atoms with Crippen LogP contribution in [-0.4, -0.2) is 8.76 Å². The normalized spacial score (nSPS) is 11.4. The van der Waals surface area contributed by atoms with Crippen molar-refractivity contribution in [1.29, 1.82) is 0 Å². The number of hydrogen-bond acceptors (Lipinski definition) is 3. The summed E-state index contributed by atoms with van der Waals surface area (Å²) in [4.78, 5) is 0.230. The van der Waals surface area contributed by atoms with Crippen LogP contribution in [0.15, 0.2) is 53.4 Å². The molecule has 1 atom stereocenters. The molecular weight excluding hydrogens is 283 g/mol. The van der Waals surface area contributed by atoms with Crippen LogP contribution in [0.25, 0.3) is 0 Å². The molecule has 0 heterocycles. The summed E-state index contributed by atoms with van der Waals surface area (Å²) in [7, 11) is 0. The van der Waals surface area contributed by atoms with Crippen molar-refractivity contribution >= 4 is 22.7 Å². The maximum absolute atomic E-state index is 10.7. The first-order valence-electron chi connectivity index (χ1n) is 4.78. The molecule has 88 valence electrons. The number of ether oxygens (including phenoxy) is 1. The molecule has 0 fully saturated rings. The Balaban J connectivity index is 0.00000162. The van der Waals surface area contributed by atoms with E-state index in [1.54, 1.807) is 36.4 Å². The first kappa shape index (κ1) is 15.7. The van der Waals surface area contributed by atoms with E-state index in [0.717, 1.165) is 0 Å². The van der Waals surface area contributed by atoms with E-state index < -0.39 is 11.1 Å². The summed E-state index contributed by atoms with van der Waals surface area (Å²) in [5, 5.41) is 0.634. The monoisotopic (exact) mass is 290 g/mol. The van der Waals surface area contributed by atoms with E-state index in [-0.39, 0.29) is 34.5 Å². The predicted octanol–water partition coefficient (Wildman–Crippen LogP) is 0.374. The van der Waals surface area contributed by atoms with E-state index >= 15 is 0 Å². The summed E-state index contributed by atoms with van der Waals surface area (Å²) >= 11 is 3.54. The minimum atomic E-state index is -2.21. The largest absolute Gasteiger partial charge is 1.00 e. The molecule has 0 saturated carbocycles. The smallest absolute Gasteiger partial charge is 0.768 e. The summed E-state index contributed by atoms with van der Waals surface area (Å²) in [6.45, 7) is 0. The molecule has 3 nitrogen and oxygen atoms in total. The van der Waals surface area contributed by atoms with Gasteiger partial charge in [0.25, 0.3) is 0 Å². The molecule has 0 aromatic heterocycles. The molecule has 0 spiro atoms. The van der Waals surface area contributed by atoms with Crippen molar-refractivity contribution in [1.82, 2.24) is 0 Å². The molecule has 1 unspecified atom stereocenters. The maximum Gasteiger partial charge on any atom is 1.00 e. The predicted molar refractivity (Wildman–Crippen MR) is 65.2 cm³/mol. The molecule has 18 heavy (non-hydrogen) atoms. The van der Waals surface area contributed by atoms with Gasteiger partial charge in [0, 0.05) is 9.92 Å². The van der Waals surface area contributed by atoms with Gasteiger partial charge in [0.15, 0.2) is 0 Å². The van der Waals surface area contributed by atoms with Crippen molar-refractivity contribution in [3.63, 3.8) is 0 Å². The molecule has 0 saturated heterocycles. The third kappa shape index (κ3) is 4.39. The van der Waals surface area contributed by atoms with Crippen LogP contribution >= 0.6 is 11.6 Å². The zero-order valence-corrected chi connectivity index (χ0v) is 13.2. The number of benzene rings is 2. The van der Waals surface area contributed by atoms with E-state index in [9.17, 15) is 8.76 Å². The van der Waals surface area contributed by atoms with Crippen molar-refractivity contribution < 1.29 is 43.1 Å². The first-order valence-corrected chi connectivity index (χ1v) is 6.23. The molecule has 0 radical (unpaired) electrons. The summed E-state index contributed by atoms with van der Waals surface area (Å²) in [6, 6.07) is 13.1. The molecule has 0 aliphatic carbocycles. The Hall–Kier alpha value is -0.360. The van der Waals surface area contributed by atoms with Gasteiger partial charge in [0.1, 0.15) is 11.5 Å². The van der Waals surface area contributed by atoms with Gasteiger partial charge in [-0.15, -0.1) is 0 Å². The van der Waals surface area contributed by atoms with E-state index in [2.05, 4.69) is 0 Å². The molecule has 2 rings (SSSR count). The van der Waals surface area contributed by atoms with Gasteiger partial charge in [-0.25, -0.2) is 0 Å². The topological polar surface area (TPSA) is 49.4 Å². The van der Waals surface area contributed by atoms with Crippen molar-refractivity contribution in [3.05, 3.63) is 53.6 Å². The summed E-state index contributed by atoms with van der Waals surface area (Å²) < 4.78 is 26.8. The van der Waals surface area contributed by atoms with Gasteiger partial charge in [0.05, 0.1) is 0 Å². The first-order chi connectivity index (χ1) is 8.15. The van der Waals surface area contributed by atoms with Gasteiger partial charge in [0.2, 0.25) is 0 Å². The second-order valence-corrected chi connectivity index (χ2v) is 4.64. The van der Waals surface area contributed by atoms with E-state index in [1.165, 1.54) is 12.1 Å². The Bertz CT molecular complexity index is 528. The van der Waals surface area contributed by atoms with Crippen molar-refractivity contribution in [2.75, 3.05) is 0 Å². The molecule has 0 N–H and O–H groups in total. The Morgan fingerprint density at radius 3 is 1.83 bits per heavy atom.